The fraction of sp³-hybridized carbons (Fsp3) is 0. The molecule has 0 aliphatic rings. The highest BCUT2D eigenvalue weighted by atomic mass is 127. The molecule has 13 heavy (non-hydrogen) atoms. The van der Waals surface area contributed by atoms with Gasteiger partial charge in [-0.3, -0.25) is 4.99 Å². The van der Waals surface area contributed by atoms with Crippen molar-refractivity contribution in [1.29, 1.82) is 5.41 Å². The van der Waals surface area contributed by atoms with E-state index in [9.17, 15) is 0 Å². The van der Waals surface area contributed by atoms with Crippen LogP contribution in [-0.2, 0) is 0 Å². The average Bonchev–Trinajstić information content (AvgIpc) is 2.21. The number of hydrogen-bond acceptors (Lipinski definition) is 2. The summed E-state index contributed by atoms with van der Waals surface area (Å²) in [5.74, 6) is 0. The molecule has 1 rings (SSSR count). The van der Waals surface area contributed by atoms with Crippen molar-refractivity contribution in [1.82, 2.24) is 0 Å². The first-order valence-corrected chi connectivity index (χ1v) is 5.01. The van der Waals surface area contributed by atoms with Gasteiger partial charge in [0.1, 0.15) is 0 Å². The number of rotatable bonds is 3. The number of nitrogens with one attached hydrogen (secondary N) is 1. The number of halogens is 1. The Morgan fingerprint density at radius 2 is 2.00 bits per heavy atom. The third-order valence-corrected chi connectivity index (χ3v) is 1.85. The van der Waals surface area contributed by atoms with Gasteiger partial charge in [0.2, 0.25) is 0 Å². The van der Waals surface area contributed by atoms with Gasteiger partial charge in [-0.2, -0.15) is 0 Å². The standard InChI is InChI=1S/C10H9IN2/c11-8-13-7-10(6-12)9-4-2-1-3-5-9/h1-8,12H/b10-7+,12-6?,13-8?. The summed E-state index contributed by atoms with van der Waals surface area (Å²) < 4.78 is 1.67. The fourth-order valence-electron chi connectivity index (χ4n) is 0.934. The first-order valence-electron chi connectivity index (χ1n) is 3.76. The van der Waals surface area contributed by atoms with Crippen molar-refractivity contribution in [2.75, 3.05) is 0 Å². The number of allylic oxidation sites excluding steroid dienone is 1. The minimum atomic E-state index is 0.813. The summed E-state index contributed by atoms with van der Waals surface area (Å²) in [5.41, 5.74) is 1.83. The van der Waals surface area contributed by atoms with E-state index in [2.05, 4.69) is 4.99 Å². The molecule has 0 amide bonds. The van der Waals surface area contributed by atoms with E-state index in [4.69, 9.17) is 5.41 Å². The molecule has 0 fully saturated rings. The maximum Gasteiger partial charge on any atom is 0.0651 e. The van der Waals surface area contributed by atoms with Gasteiger partial charge in [0, 0.05) is 18.0 Å². The van der Waals surface area contributed by atoms with Crippen LogP contribution in [0, 0.1) is 5.41 Å². The number of aliphatic imine (C=N–C) groups is 1. The maximum absolute atomic E-state index is 7.21. The van der Waals surface area contributed by atoms with Gasteiger partial charge < -0.3 is 5.41 Å². The summed E-state index contributed by atoms with van der Waals surface area (Å²) >= 11 is 2.05. The van der Waals surface area contributed by atoms with Crippen LogP contribution in [0.5, 0.6) is 0 Å². The first-order chi connectivity index (χ1) is 6.38. The highest BCUT2D eigenvalue weighted by Gasteiger charge is 1.94. The van der Waals surface area contributed by atoms with Crippen LogP contribution in [0.25, 0.3) is 5.57 Å². The number of benzene rings is 1. The van der Waals surface area contributed by atoms with E-state index < -0.39 is 0 Å². The van der Waals surface area contributed by atoms with Gasteiger partial charge in [-0.05, 0) is 28.2 Å². The molecule has 0 bridgehead atoms. The largest absolute Gasteiger partial charge is 0.308 e. The summed E-state index contributed by atoms with van der Waals surface area (Å²) in [6, 6.07) is 9.76. The third kappa shape index (κ3) is 3.10. The zero-order valence-corrected chi connectivity index (χ0v) is 9.10. The predicted molar refractivity (Wildman–Crippen MR) is 65.7 cm³/mol. The highest BCUT2D eigenvalue weighted by Crippen LogP contribution is 2.10. The lowest BCUT2D eigenvalue weighted by molar-refractivity contribution is 1.54. The molecule has 1 aromatic carbocycles. The minimum Gasteiger partial charge on any atom is -0.308 e. The second-order valence-corrected chi connectivity index (χ2v) is 2.90. The Kier molecular flexibility index (Phi) is 4.39. The molecule has 3 heteroatoms. The monoisotopic (exact) mass is 284 g/mol. The van der Waals surface area contributed by atoms with Crippen molar-refractivity contribution in [2.45, 2.75) is 0 Å². The Morgan fingerprint density at radius 1 is 1.31 bits per heavy atom. The van der Waals surface area contributed by atoms with Gasteiger partial charge in [-0.15, -0.1) is 0 Å². The van der Waals surface area contributed by atoms with E-state index >= 15 is 0 Å². The fourth-order valence-corrected chi connectivity index (χ4v) is 1.10. The van der Waals surface area contributed by atoms with Gasteiger partial charge in [0.25, 0.3) is 0 Å². The van der Waals surface area contributed by atoms with Crippen LogP contribution < -0.4 is 0 Å². The van der Waals surface area contributed by atoms with Gasteiger partial charge in [0.05, 0.1) is 4.22 Å². The predicted octanol–water partition coefficient (Wildman–Crippen LogP) is 3.14. The summed E-state index contributed by atoms with van der Waals surface area (Å²) in [4.78, 5) is 3.97. The van der Waals surface area contributed by atoms with Crippen LogP contribution in [-0.4, -0.2) is 10.4 Å². The molecule has 1 aromatic rings. The number of hydrogen-bond donors (Lipinski definition) is 1. The summed E-state index contributed by atoms with van der Waals surface area (Å²) in [5, 5.41) is 7.21. The van der Waals surface area contributed by atoms with E-state index in [0.29, 0.717) is 0 Å². The molecule has 0 atom stereocenters. The normalized spacial score (nSPS) is 11.9. The van der Waals surface area contributed by atoms with E-state index in [-0.39, 0.29) is 0 Å². The molecule has 0 heterocycles. The molecule has 0 spiro atoms. The molecule has 0 radical (unpaired) electrons. The Morgan fingerprint density at radius 3 is 2.54 bits per heavy atom. The molecule has 0 aliphatic heterocycles. The van der Waals surface area contributed by atoms with Crippen molar-refractivity contribution in [3.8, 4) is 0 Å². The lowest BCUT2D eigenvalue weighted by atomic mass is 10.1. The van der Waals surface area contributed by atoms with Crippen LogP contribution >= 0.6 is 22.6 Å². The quantitative estimate of drug-likeness (QED) is 0.654. The molecule has 0 saturated heterocycles. The zero-order valence-electron chi connectivity index (χ0n) is 6.94. The van der Waals surface area contributed by atoms with Gasteiger partial charge in [-0.1, -0.05) is 30.3 Å². The van der Waals surface area contributed by atoms with Crippen LogP contribution in [0.2, 0.25) is 0 Å². The Balaban J connectivity index is 2.98. The Hall–Kier alpha value is -0.970. The van der Waals surface area contributed by atoms with E-state index in [0.717, 1.165) is 11.1 Å². The molecular formula is C10H9IN2. The first kappa shape index (κ1) is 10.1. The van der Waals surface area contributed by atoms with Crippen LogP contribution in [0.4, 0.5) is 0 Å². The van der Waals surface area contributed by atoms with E-state index in [1.165, 1.54) is 6.21 Å². The molecule has 0 unspecified atom stereocenters. The topological polar surface area (TPSA) is 36.2 Å². The van der Waals surface area contributed by atoms with Gasteiger partial charge >= 0.3 is 0 Å². The van der Waals surface area contributed by atoms with Crippen molar-refractivity contribution >= 4 is 38.6 Å². The summed E-state index contributed by atoms with van der Waals surface area (Å²) in [6.07, 6.45) is 2.98. The Bertz CT molecular complexity index is 328. The summed E-state index contributed by atoms with van der Waals surface area (Å²) in [6.45, 7) is 0. The second kappa shape index (κ2) is 5.64. The second-order valence-electron chi connectivity index (χ2n) is 2.34. The highest BCUT2D eigenvalue weighted by molar-refractivity contribution is 14.1. The molecule has 66 valence electrons. The van der Waals surface area contributed by atoms with E-state index in [1.54, 1.807) is 10.4 Å². The zero-order chi connectivity index (χ0) is 9.52. The lowest BCUT2D eigenvalue weighted by Gasteiger charge is -1.97. The van der Waals surface area contributed by atoms with Crippen molar-refractivity contribution in [3.05, 3.63) is 42.1 Å². The maximum atomic E-state index is 7.21. The van der Waals surface area contributed by atoms with Crippen molar-refractivity contribution in [3.63, 3.8) is 0 Å². The molecule has 1 N–H and O–H groups in total. The van der Waals surface area contributed by atoms with Crippen molar-refractivity contribution < 1.29 is 0 Å². The molecule has 0 aromatic heterocycles. The van der Waals surface area contributed by atoms with Gasteiger partial charge in [-0.25, -0.2) is 0 Å². The molecule has 2 nitrogen and oxygen atoms in total. The summed E-state index contributed by atoms with van der Waals surface area (Å²) in [7, 11) is 0. The SMILES string of the molecule is N=C/C(=C\N=CI)c1ccccc1. The van der Waals surface area contributed by atoms with E-state index in [1.807, 2.05) is 52.9 Å². The third-order valence-electron chi connectivity index (χ3n) is 1.53. The molecular weight excluding hydrogens is 275 g/mol. The lowest BCUT2D eigenvalue weighted by Crippen LogP contribution is -1.83. The molecule has 0 saturated carbocycles. The molecule has 0 aliphatic carbocycles. The number of nitrogens with zero attached hydrogens (tertiary/aromatic N) is 1. The van der Waals surface area contributed by atoms with Gasteiger partial charge in [0.15, 0.2) is 0 Å². The van der Waals surface area contributed by atoms with Crippen molar-refractivity contribution in [2.24, 2.45) is 4.99 Å². The van der Waals surface area contributed by atoms with Crippen LogP contribution in [0.1, 0.15) is 5.56 Å². The Labute approximate surface area is 91.0 Å². The minimum absolute atomic E-state index is 0.813. The van der Waals surface area contributed by atoms with Crippen LogP contribution in [0.3, 0.4) is 0 Å². The smallest absolute Gasteiger partial charge is 0.0651 e. The average molecular weight is 284 g/mol. The van der Waals surface area contributed by atoms with Crippen LogP contribution in [0.15, 0.2) is 41.5 Å².